The zero-order valence-electron chi connectivity index (χ0n) is 17.4. The van der Waals surface area contributed by atoms with Gasteiger partial charge in [0.25, 0.3) is 0 Å². The van der Waals surface area contributed by atoms with Gasteiger partial charge in [-0.05, 0) is 57.6 Å². The van der Waals surface area contributed by atoms with Gasteiger partial charge in [0.05, 0.1) is 12.1 Å². The van der Waals surface area contributed by atoms with Crippen molar-refractivity contribution in [2.24, 2.45) is 0 Å². The van der Waals surface area contributed by atoms with E-state index in [0.717, 1.165) is 13.0 Å². The third-order valence-electron chi connectivity index (χ3n) is 5.49. The highest BCUT2D eigenvalue weighted by atomic mass is 32.2. The molecule has 0 aromatic rings. The van der Waals surface area contributed by atoms with Crippen molar-refractivity contribution in [1.82, 2.24) is 20.9 Å². The van der Waals surface area contributed by atoms with Gasteiger partial charge in [0.2, 0.25) is 17.7 Å². The Morgan fingerprint density at radius 2 is 1.90 bits per heavy atom. The zero-order valence-corrected chi connectivity index (χ0v) is 18.2. The molecule has 0 aromatic carbocycles. The first-order chi connectivity index (χ1) is 14.3. The van der Waals surface area contributed by atoms with Gasteiger partial charge in [-0.25, -0.2) is 4.79 Å². The fourth-order valence-electron chi connectivity index (χ4n) is 3.79. The SMILES string of the molecule is CSCCC(NC(=O)C1CCCN1C(=O)C(NC(=O)C1CCCN1)C(C)O)C(=O)O. The molecule has 2 aliphatic heterocycles. The van der Waals surface area contributed by atoms with Gasteiger partial charge in [-0.1, -0.05) is 0 Å². The third kappa shape index (κ3) is 6.32. The summed E-state index contributed by atoms with van der Waals surface area (Å²) in [6, 6.07) is -3.41. The van der Waals surface area contributed by atoms with E-state index in [1.165, 1.54) is 23.6 Å². The minimum Gasteiger partial charge on any atom is -0.480 e. The van der Waals surface area contributed by atoms with Crippen LogP contribution in [-0.4, -0.2) is 94.2 Å². The predicted molar refractivity (Wildman–Crippen MR) is 112 cm³/mol. The van der Waals surface area contributed by atoms with Crippen LogP contribution in [0.5, 0.6) is 0 Å². The molecule has 2 saturated heterocycles. The smallest absolute Gasteiger partial charge is 0.326 e. The monoisotopic (exact) mass is 444 g/mol. The number of amides is 3. The maximum atomic E-state index is 13.1. The van der Waals surface area contributed by atoms with Crippen LogP contribution in [-0.2, 0) is 19.2 Å². The highest BCUT2D eigenvalue weighted by molar-refractivity contribution is 7.98. The summed E-state index contributed by atoms with van der Waals surface area (Å²) in [5, 5.41) is 27.6. The lowest BCUT2D eigenvalue weighted by Gasteiger charge is -2.31. The fourth-order valence-corrected chi connectivity index (χ4v) is 4.26. The van der Waals surface area contributed by atoms with Crippen LogP contribution >= 0.6 is 11.8 Å². The molecular weight excluding hydrogens is 412 g/mol. The second kappa shape index (κ2) is 11.5. The van der Waals surface area contributed by atoms with Gasteiger partial charge in [0.1, 0.15) is 18.1 Å². The molecule has 30 heavy (non-hydrogen) atoms. The maximum Gasteiger partial charge on any atom is 0.326 e. The first-order valence-corrected chi connectivity index (χ1v) is 11.7. The van der Waals surface area contributed by atoms with E-state index in [0.29, 0.717) is 31.6 Å². The van der Waals surface area contributed by atoms with Gasteiger partial charge in [-0.2, -0.15) is 11.8 Å². The number of nitrogens with zero attached hydrogens (tertiary/aromatic N) is 1. The highest BCUT2D eigenvalue weighted by Gasteiger charge is 2.40. The molecule has 0 spiro atoms. The van der Waals surface area contributed by atoms with E-state index < -0.39 is 48.1 Å². The van der Waals surface area contributed by atoms with Crippen molar-refractivity contribution >= 4 is 35.5 Å². The first kappa shape index (κ1) is 24.4. The molecule has 5 N–H and O–H groups in total. The third-order valence-corrected chi connectivity index (χ3v) is 6.13. The van der Waals surface area contributed by atoms with Gasteiger partial charge < -0.3 is 31.1 Å². The number of carbonyl (C=O) groups is 4. The largest absolute Gasteiger partial charge is 0.480 e. The number of hydrogen-bond acceptors (Lipinski definition) is 7. The Labute approximate surface area is 180 Å². The van der Waals surface area contributed by atoms with Crippen LogP contribution in [0.4, 0.5) is 0 Å². The van der Waals surface area contributed by atoms with Crippen molar-refractivity contribution in [2.45, 2.75) is 69.3 Å². The number of aliphatic hydroxyl groups is 1. The zero-order chi connectivity index (χ0) is 22.3. The van der Waals surface area contributed by atoms with Crippen LogP contribution in [0.25, 0.3) is 0 Å². The van der Waals surface area contributed by atoms with E-state index in [4.69, 9.17) is 0 Å². The van der Waals surface area contributed by atoms with Crippen molar-refractivity contribution in [3.63, 3.8) is 0 Å². The summed E-state index contributed by atoms with van der Waals surface area (Å²) in [6.07, 6.45) is 3.50. The molecule has 10 nitrogen and oxygen atoms in total. The Kier molecular flexibility index (Phi) is 9.37. The van der Waals surface area contributed by atoms with Crippen LogP contribution in [0.1, 0.15) is 39.0 Å². The lowest BCUT2D eigenvalue weighted by Crippen LogP contribution is -2.59. The lowest BCUT2D eigenvalue weighted by atomic mass is 10.1. The molecule has 2 aliphatic rings. The van der Waals surface area contributed by atoms with Gasteiger partial charge in [-0.15, -0.1) is 0 Å². The number of hydrogen-bond donors (Lipinski definition) is 5. The molecule has 2 heterocycles. The number of aliphatic carboxylic acids is 1. The van der Waals surface area contributed by atoms with E-state index in [1.807, 2.05) is 6.26 Å². The van der Waals surface area contributed by atoms with E-state index in [-0.39, 0.29) is 12.3 Å². The molecule has 0 saturated carbocycles. The van der Waals surface area contributed by atoms with Gasteiger partial charge in [-0.3, -0.25) is 14.4 Å². The van der Waals surface area contributed by atoms with Crippen LogP contribution in [0.2, 0.25) is 0 Å². The minimum atomic E-state index is -1.17. The van der Waals surface area contributed by atoms with Gasteiger partial charge >= 0.3 is 5.97 Å². The molecule has 0 aliphatic carbocycles. The summed E-state index contributed by atoms with van der Waals surface area (Å²) in [5.74, 6) is -1.95. The molecule has 11 heteroatoms. The van der Waals surface area contributed by atoms with Crippen LogP contribution in [0, 0.1) is 0 Å². The standard InChI is InChI=1S/C19H32N4O6S/c1-11(24)15(22-16(25)12-5-3-8-20-12)18(27)23-9-4-6-14(23)17(26)21-13(19(28)29)7-10-30-2/h11-15,20,24H,3-10H2,1-2H3,(H,21,26)(H,22,25)(H,28,29). The predicted octanol–water partition coefficient (Wildman–Crippen LogP) is -1.08. The molecule has 0 radical (unpaired) electrons. The molecule has 3 amide bonds. The normalized spacial score (nSPS) is 24.2. The average Bonchev–Trinajstić information content (AvgIpc) is 3.39. The summed E-state index contributed by atoms with van der Waals surface area (Å²) < 4.78 is 0. The number of carbonyl (C=O) groups excluding carboxylic acids is 3. The van der Waals surface area contributed by atoms with E-state index >= 15 is 0 Å². The van der Waals surface area contributed by atoms with Crippen molar-refractivity contribution < 1.29 is 29.4 Å². The number of rotatable bonds is 10. The number of aliphatic hydroxyl groups excluding tert-OH is 1. The quantitative estimate of drug-likeness (QED) is 0.286. The topological polar surface area (TPSA) is 148 Å². The molecule has 5 atom stereocenters. The fraction of sp³-hybridized carbons (Fsp3) is 0.789. The Balaban J connectivity index is 2.05. The number of carboxylic acids is 1. The van der Waals surface area contributed by atoms with E-state index in [2.05, 4.69) is 16.0 Å². The van der Waals surface area contributed by atoms with Gasteiger partial charge in [0, 0.05) is 6.54 Å². The molecular formula is C19H32N4O6S. The summed E-state index contributed by atoms with van der Waals surface area (Å²) in [5.41, 5.74) is 0. The van der Waals surface area contributed by atoms with E-state index in [1.54, 1.807) is 0 Å². The maximum absolute atomic E-state index is 13.1. The molecule has 2 fully saturated rings. The lowest BCUT2D eigenvalue weighted by molar-refractivity contribution is -0.146. The van der Waals surface area contributed by atoms with Crippen LogP contribution in [0.3, 0.4) is 0 Å². The van der Waals surface area contributed by atoms with Crippen LogP contribution in [0.15, 0.2) is 0 Å². The van der Waals surface area contributed by atoms with E-state index in [9.17, 15) is 29.4 Å². The molecule has 0 aromatic heterocycles. The Morgan fingerprint density at radius 1 is 1.17 bits per heavy atom. The number of nitrogens with one attached hydrogen (secondary N) is 3. The molecule has 170 valence electrons. The van der Waals surface area contributed by atoms with Crippen molar-refractivity contribution in [1.29, 1.82) is 0 Å². The number of likely N-dealkylation sites (tertiary alicyclic amines) is 1. The van der Waals surface area contributed by atoms with Crippen molar-refractivity contribution in [3.8, 4) is 0 Å². The van der Waals surface area contributed by atoms with Crippen LogP contribution < -0.4 is 16.0 Å². The molecule has 2 rings (SSSR count). The number of carboxylic acid groups (broad SMARTS) is 1. The Morgan fingerprint density at radius 3 is 2.47 bits per heavy atom. The number of thioether (sulfide) groups is 1. The second-order valence-corrected chi connectivity index (χ2v) is 8.73. The summed E-state index contributed by atoms with van der Waals surface area (Å²) in [6.45, 7) is 2.44. The Bertz CT molecular complexity index is 641. The van der Waals surface area contributed by atoms with Crippen molar-refractivity contribution in [2.75, 3.05) is 25.1 Å². The van der Waals surface area contributed by atoms with Crippen molar-refractivity contribution in [3.05, 3.63) is 0 Å². The summed E-state index contributed by atoms with van der Waals surface area (Å²) in [4.78, 5) is 51.0. The molecule has 0 bridgehead atoms. The second-order valence-electron chi connectivity index (χ2n) is 7.75. The van der Waals surface area contributed by atoms with Gasteiger partial charge in [0.15, 0.2) is 0 Å². The summed E-state index contributed by atoms with van der Waals surface area (Å²) in [7, 11) is 0. The first-order valence-electron chi connectivity index (χ1n) is 10.3. The highest BCUT2D eigenvalue weighted by Crippen LogP contribution is 2.20. The average molecular weight is 445 g/mol. The molecule has 5 unspecified atom stereocenters. The minimum absolute atomic E-state index is 0.281. The summed E-state index contributed by atoms with van der Waals surface area (Å²) >= 11 is 1.48. The Hall–Kier alpha value is -1.85.